The summed E-state index contributed by atoms with van der Waals surface area (Å²) in [6.07, 6.45) is 0.561. The fourth-order valence-electron chi connectivity index (χ4n) is 1.83. The number of carbonyl (C=O) groups is 2. The number of nitrogens with zero attached hydrogens (tertiary/aromatic N) is 1. The molecule has 1 rings (SSSR count). The van der Waals surface area contributed by atoms with Crippen LogP contribution in [0.4, 0.5) is 4.79 Å². The molecule has 4 heteroatoms. The molecule has 1 amide bonds. The summed E-state index contributed by atoms with van der Waals surface area (Å²) in [6.45, 7) is 11.5. The minimum absolute atomic E-state index is 0.0644. The lowest BCUT2D eigenvalue weighted by atomic mass is 10.1. The van der Waals surface area contributed by atoms with E-state index in [1.54, 1.807) is 6.92 Å². The van der Waals surface area contributed by atoms with E-state index in [1.807, 2.05) is 20.8 Å². The summed E-state index contributed by atoms with van der Waals surface area (Å²) < 4.78 is 5.29. The molecule has 0 aromatic rings. The third-order valence-corrected chi connectivity index (χ3v) is 2.60. The smallest absolute Gasteiger partial charge is 0.411 e. The number of hydrogen-bond donors (Lipinski definition) is 0. The Kier molecular flexibility index (Phi) is 3.96. The van der Waals surface area contributed by atoms with Crippen molar-refractivity contribution in [2.24, 2.45) is 0 Å². The topological polar surface area (TPSA) is 46.6 Å². The third-order valence-electron chi connectivity index (χ3n) is 2.60. The maximum Gasteiger partial charge on any atom is 0.411 e. The number of carbonyl (C=O) groups excluding carboxylic acids is 2. The van der Waals surface area contributed by atoms with Gasteiger partial charge in [-0.05, 0) is 27.2 Å². The maximum absolute atomic E-state index is 11.9. The molecule has 1 aliphatic rings. The second-order valence-electron chi connectivity index (χ2n) is 5.40. The third kappa shape index (κ3) is 3.58. The number of amides is 1. The lowest BCUT2D eigenvalue weighted by Gasteiger charge is -2.27. The van der Waals surface area contributed by atoms with E-state index in [0.29, 0.717) is 19.4 Å². The van der Waals surface area contributed by atoms with Gasteiger partial charge in [-0.1, -0.05) is 19.1 Å². The summed E-state index contributed by atoms with van der Waals surface area (Å²) in [6, 6.07) is -0.387. The highest BCUT2D eigenvalue weighted by Crippen LogP contribution is 2.25. The molecule has 4 nitrogen and oxygen atoms in total. The van der Waals surface area contributed by atoms with Crippen molar-refractivity contribution in [1.29, 1.82) is 0 Å². The van der Waals surface area contributed by atoms with E-state index < -0.39 is 11.7 Å². The first kappa shape index (κ1) is 13.7. The van der Waals surface area contributed by atoms with Crippen molar-refractivity contribution in [3.8, 4) is 0 Å². The van der Waals surface area contributed by atoms with Crippen LogP contribution < -0.4 is 0 Å². The molecule has 17 heavy (non-hydrogen) atoms. The highest BCUT2D eigenvalue weighted by atomic mass is 16.6. The molecule has 0 aromatic heterocycles. The Morgan fingerprint density at radius 1 is 1.47 bits per heavy atom. The molecule has 0 spiro atoms. The average molecular weight is 239 g/mol. The van der Waals surface area contributed by atoms with Crippen molar-refractivity contribution in [3.63, 3.8) is 0 Å². The fraction of sp³-hybridized carbons (Fsp3) is 0.692. The van der Waals surface area contributed by atoms with Gasteiger partial charge in [0.15, 0.2) is 5.78 Å². The van der Waals surface area contributed by atoms with E-state index in [2.05, 4.69) is 6.58 Å². The van der Waals surface area contributed by atoms with Crippen LogP contribution in [-0.4, -0.2) is 35.0 Å². The van der Waals surface area contributed by atoms with Gasteiger partial charge in [-0.15, -0.1) is 0 Å². The van der Waals surface area contributed by atoms with Gasteiger partial charge in [-0.25, -0.2) is 4.79 Å². The average Bonchev–Trinajstić information content (AvgIpc) is 2.56. The quantitative estimate of drug-likeness (QED) is 0.696. The summed E-state index contributed by atoms with van der Waals surface area (Å²) in [5.74, 6) is 0.0644. The molecule has 1 saturated heterocycles. The highest BCUT2D eigenvalue weighted by Gasteiger charge is 2.37. The fourth-order valence-corrected chi connectivity index (χ4v) is 1.83. The summed E-state index contributed by atoms with van der Waals surface area (Å²) >= 11 is 0. The maximum atomic E-state index is 11.9. The summed E-state index contributed by atoms with van der Waals surface area (Å²) in [7, 11) is 0. The Hall–Kier alpha value is -1.32. The molecule has 1 aliphatic heterocycles. The minimum Gasteiger partial charge on any atom is -0.444 e. The van der Waals surface area contributed by atoms with Crippen molar-refractivity contribution >= 4 is 11.9 Å². The van der Waals surface area contributed by atoms with Gasteiger partial charge in [0.1, 0.15) is 5.60 Å². The largest absolute Gasteiger partial charge is 0.444 e. The Morgan fingerprint density at radius 2 is 2.06 bits per heavy atom. The van der Waals surface area contributed by atoms with Crippen LogP contribution in [0.15, 0.2) is 12.2 Å². The number of rotatable bonds is 2. The minimum atomic E-state index is -0.541. The van der Waals surface area contributed by atoms with Crippen LogP contribution in [0.3, 0.4) is 0 Å². The van der Waals surface area contributed by atoms with Gasteiger partial charge in [0.2, 0.25) is 0 Å². The van der Waals surface area contributed by atoms with E-state index in [9.17, 15) is 9.59 Å². The van der Waals surface area contributed by atoms with Gasteiger partial charge < -0.3 is 4.74 Å². The van der Waals surface area contributed by atoms with Crippen molar-refractivity contribution < 1.29 is 14.3 Å². The highest BCUT2D eigenvalue weighted by molar-refractivity contribution is 5.88. The number of hydrogen-bond acceptors (Lipinski definition) is 3. The van der Waals surface area contributed by atoms with Crippen LogP contribution in [0, 0.1) is 0 Å². The summed E-state index contributed by atoms with van der Waals surface area (Å²) in [4.78, 5) is 25.2. The predicted octanol–water partition coefficient (Wildman–Crippen LogP) is 2.53. The van der Waals surface area contributed by atoms with Crippen molar-refractivity contribution in [1.82, 2.24) is 4.90 Å². The van der Waals surface area contributed by atoms with Crippen molar-refractivity contribution in [2.75, 3.05) is 6.54 Å². The molecule has 0 bridgehead atoms. The first-order valence-electron chi connectivity index (χ1n) is 5.93. The molecule has 1 atom stereocenters. The normalized spacial score (nSPS) is 20.6. The first-order valence-corrected chi connectivity index (χ1v) is 5.93. The molecule has 1 fully saturated rings. The van der Waals surface area contributed by atoms with Gasteiger partial charge in [0.05, 0.1) is 6.04 Å². The van der Waals surface area contributed by atoms with Crippen molar-refractivity contribution in [3.05, 3.63) is 12.2 Å². The van der Waals surface area contributed by atoms with Gasteiger partial charge in [-0.2, -0.15) is 0 Å². The second kappa shape index (κ2) is 4.90. The van der Waals surface area contributed by atoms with Crippen LogP contribution in [0.1, 0.15) is 40.5 Å². The number of likely N-dealkylation sites (tertiary alicyclic amines) is 1. The molecule has 0 saturated carbocycles. The molecular weight excluding hydrogens is 218 g/mol. The first-order chi connectivity index (χ1) is 7.74. The predicted molar refractivity (Wildman–Crippen MR) is 65.8 cm³/mol. The zero-order valence-electron chi connectivity index (χ0n) is 11.1. The second-order valence-corrected chi connectivity index (χ2v) is 5.40. The van der Waals surface area contributed by atoms with Gasteiger partial charge in [0, 0.05) is 13.0 Å². The van der Waals surface area contributed by atoms with Gasteiger partial charge in [0.25, 0.3) is 0 Å². The lowest BCUT2D eigenvalue weighted by molar-refractivity contribution is -0.123. The summed E-state index contributed by atoms with van der Waals surface area (Å²) in [5, 5.41) is 0. The van der Waals surface area contributed by atoms with E-state index in [0.717, 1.165) is 5.57 Å². The molecule has 96 valence electrons. The molecule has 0 aliphatic carbocycles. The number of ether oxygens (including phenoxy) is 1. The van der Waals surface area contributed by atoms with E-state index in [4.69, 9.17) is 4.74 Å². The molecule has 0 radical (unpaired) electrons. The Labute approximate surface area is 103 Å². The van der Waals surface area contributed by atoms with Gasteiger partial charge >= 0.3 is 6.09 Å². The zero-order valence-corrected chi connectivity index (χ0v) is 11.1. The van der Waals surface area contributed by atoms with E-state index in [-0.39, 0.29) is 11.8 Å². The molecule has 0 aromatic carbocycles. The van der Waals surface area contributed by atoms with Crippen LogP contribution >= 0.6 is 0 Å². The monoisotopic (exact) mass is 239 g/mol. The van der Waals surface area contributed by atoms with Crippen LogP contribution in [0.25, 0.3) is 0 Å². The van der Waals surface area contributed by atoms with Crippen LogP contribution in [-0.2, 0) is 9.53 Å². The van der Waals surface area contributed by atoms with E-state index in [1.165, 1.54) is 4.90 Å². The zero-order chi connectivity index (χ0) is 13.2. The molecule has 0 unspecified atom stereocenters. The summed E-state index contributed by atoms with van der Waals surface area (Å²) in [5.41, 5.74) is 0.364. The lowest BCUT2D eigenvalue weighted by Crippen LogP contribution is -2.43. The molecule has 0 N–H and O–H groups in total. The SMILES string of the molecule is C=C1C[C@@H](C(=O)CC)N(C(=O)OC(C)(C)C)C1. The Balaban J connectivity index is 2.77. The molecular formula is C13H21NO3. The Bertz CT molecular complexity index is 341. The van der Waals surface area contributed by atoms with Crippen molar-refractivity contribution in [2.45, 2.75) is 52.2 Å². The number of Topliss-reactive ketones (excluding diaryl/α,β-unsaturated/α-hetero) is 1. The standard InChI is InChI=1S/C13H21NO3/c1-6-11(15)10-7-9(2)8-14(10)12(16)17-13(3,4)5/h10H,2,6-8H2,1,3-5H3/t10-/m0/s1. The molecule has 1 heterocycles. The van der Waals surface area contributed by atoms with E-state index >= 15 is 0 Å². The van der Waals surface area contributed by atoms with Crippen LogP contribution in [0.2, 0.25) is 0 Å². The number of ketones is 1. The Morgan fingerprint density at radius 3 is 2.53 bits per heavy atom. The van der Waals surface area contributed by atoms with Crippen LogP contribution in [0.5, 0.6) is 0 Å². The van der Waals surface area contributed by atoms with Gasteiger partial charge in [-0.3, -0.25) is 9.69 Å².